The molecule has 6 aromatic carbocycles. The number of rotatable bonds is 5. The molecule has 0 aliphatic carbocycles. The minimum absolute atomic E-state index is 0.911. The molecule has 0 fully saturated rings. The molecule has 240 valence electrons. The Morgan fingerprint density at radius 1 is 0.431 bits per heavy atom. The average molecular weight is 669 g/mol. The molecule has 1 atom stereocenters. The highest BCUT2D eigenvalue weighted by Crippen LogP contribution is 2.40. The van der Waals surface area contributed by atoms with E-state index in [-0.39, 0.29) is 0 Å². The number of hydrogen-bond acceptors (Lipinski definition) is 3. The highest BCUT2D eigenvalue weighted by atomic mass is 28.3. The molecule has 1 aliphatic heterocycles. The lowest BCUT2D eigenvalue weighted by Gasteiger charge is -2.45. The molecule has 5 heteroatoms. The average Bonchev–Trinajstić information content (AvgIpc) is 3.55. The SMILES string of the molecule is c1ccc(N2c3ccccc3[Si](c3ccccc3)(c3ccc4c5ccccc5n(-c5ccccn5)c4c3)c3cc(-c4ccccn4)ccc32)cc1. The Kier molecular flexibility index (Phi) is 6.79. The van der Waals surface area contributed by atoms with Gasteiger partial charge in [0.05, 0.1) is 16.7 Å². The van der Waals surface area contributed by atoms with Gasteiger partial charge in [-0.25, -0.2) is 4.98 Å². The molecular weight excluding hydrogens is 637 g/mol. The molecule has 4 heterocycles. The first-order valence-electron chi connectivity index (χ1n) is 17.3. The highest BCUT2D eigenvalue weighted by Gasteiger charge is 2.49. The van der Waals surface area contributed by atoms with Gasteiger partial charge >= 0.3 is 0 Å². The van der Waals surface area contributed by atoms with Crippen molar-refractivity contribution < 1.29 is 0 Å². The van der Waals surface area contributed by atoms with Gasteiger partial charge in [-0.15, -0.1) is 0 Å². The normalized spacial score (nSPS) is 15.1. The lowest BCUT2D eigenvalue weighted by Crippen LogP contribution is -2.77. The van der Waals surface area contributed by atoms with Gasteiger partial charge in [0, 0.05) is 45.8 Å². The summed E-state index contributed by atoms with van der Waals surface area (Å²) in [6.45, 7) is 0. The van der Waals surface area contributed by atoms with Gasteiger partial charge in [-0.3, -0.25) is 9.55 Å². The van der Waals surface area contributed by atoms with E-state index in [4.69, 9.17) is 9.97 Å². The molecule has 0 saturated heterocycles. The molecule has 51 heavy (non-hydrogen) atoms. The van der Waals surface area contributed by atoms with E-state index in [0.717, 1.165) is 33.8 Å². The molecule has 3 aromatic heterocycles. The highest BCUT2D eigenvalue weighted by molar-refractivity contribution is 7.21. The van der Waals surface area contributed by atoms with E-state index in [1.165, 1.54) is 42.9 Å². The summed E-state index contributed by atoms with van der Waals surface area (Å²) in [6, 6.07) is 66.2. The van der Waals surface area contributed by atoms with Gasteiger partial charge in [-0.05, 0) is 81.4 Å². The number of pyridine rings is 2. The summed E-state index contributed by atoms with van der Waals surface area (Å²) in [6.07, 6.45) is 3.76. The third-order valence-electron chi connectivity index (χ3n) is 10.4. The van der Waals surface area contributed by atoms with Crippen molar-refractivity contribution in [1.29, 1.82) is 0 Å². The molecule has 1 unspecified atom stereocenters. The third-order valence-corrected chi connectivity index (χ3v) is 15.2. The molecule has 10 rings (SSSR count). The Morgan fingerprint density at radius 3 is 1.92 bits per heavy atom. The lowest BCUT2D eigenvalue weighted by molar-refractivity contribution is 1.08. The minimum atomic E-state index is -3.01. The van der Waals surface area contributed by atoms with Crippen molar-refractivity contribution in [3.05, 3.63) is 194 Å². The van der Waals surface area contributed by atoms with Gasteiger partial charge in [0.1, 0.15) is 5.82 Å². The molecule has 0 bridgehead atoms. The van der Waals surface area contributed by atoms with Crippen LogP contribution >= 0.6 is 0 Å². The largest absolute Gasteiger partial charge is 0.311 e. The standard InChI is InChI=1S/C46H32N4Si/c1-3-15-34(16-4-1)49-41-22-9-10-23-44(41)51(35-17-5-2-6-18-35,45-31-33(25-28-42(45)49)39-20-11-13-29-47-39)36-26-27-38-37-19-7-8-21-40(37)50(43(38)32-36)46-24-12-14-30-48-46/h1-32H. The molecule has 0 amide bonds. The Labute approximate surface area is 297 Å². The Balaban J connectivity index is 1.37. The number of hydrogen-bond donors (Lipinski definition) is 0. The van der Waals surface area contributed by atoms with Crippen LogP contribution < -0.4 is 25.6 Å². The van der Waals surface area contributed by atoms with Crippen LogP contribution in [0, 0.1) is 0 Å². The number of nitrogens with zero attached hydrogens (tertiary/aromatic N) is 4. The molecule has 9 aromatic rings. The van der Waals surface area contributed by atoms with Crippen molar-refractivity contribution in [2.75, 3.05) is 4.90 Å². The number of aromatic nitrogens is 3. The van der Waals surface area contributed by atoms with Gasteiger partial charge in [0.25, 0.3) is 0 Å². The van der Waals surface area contributed by atoms with E-state index in [2.05, 4.69) is 179 Å². The molecular formula is C46H32N4Si. The molecule has 1 aliphatic rings. The smallest absolute Gasteiger partial charge is 0.184 e. The summed E-state index contributed by atoms with van der Waals surface area (Å²) in [5.41, 5.74) is 7.92. The van der Waals surface area contributed by atoms with Crippen molar-refractivity contribution in [3.8, 4) is 17.1 Å². The minimum Gasteiger partial charge on any atom is -0.311 e. The number of para-hydroxylation sites is 3. The van der Waals surface area contributed by atoms with Crippen LogP contribution in [0.2, 0.25) is 0 Å². The van der Waals surface area contributed by atoms with Gasteiger partial charge in [0.2, 0.25) is 0 Å². The van der Waals surface area contributed by atoms with E-state index < -0.39 is 8.07 Å². The Hall–Kier alpha value is -6.56. The molecule has 0 N–H and O–H groups in total. The molecule has 0 radical (unpaired) electrons. The number of benzene rings is 6. The quantitative estimate of drug-likeness (QED) is 0.173. The van der Waals surface area contributed by atoms with Gasteiger partial charge in [0.15, 0.2) is 8.07 Å². The maximum Gasteiger partial charge on any atom is 0.184 e. The second kappa shape index (κ2) is 11.8. The fourth-order valence-electron chi connectivity index (χ4n) is 8.25. The number of anilines is 3. The van der Waals surface area contributed by atoms with Crippen LogP contribution in [-0.4, -0.2) is 22.6 Å². The molecule has 0 spiro atoms. The van der Waals surface area contributed by atoms with Crippen molar-refractivity contribution in [2.45, 2.75) is 0 Å². The fraction of sp³-hybridized carbons (Fsp3) is 0. The van der Waals surface area contributed by atoms with Crippen LogP contribution in [0.15, 0.2) is 194 Å². The first kappa shape index (κ1) is 29.4. The van der Waals surface area contributed by atoms with Crippen LogP contribution in [0.3, 0.4) is 0 Å². The lowest BCUT2D eigenvalue weighted by atomic mass is 10.1. The summed E-state index contributed by atoms with van der Waals surface area (Å²) in [7, 11) is -3.01. The van der Waals surface area contributed by atoms with Crippen molar-refractivity contribution in [1.82, 2.24) is 14.5 Å². The topological polar surface area (TPSA) is 34.0 Å². The van der Waals surface area contributed by atoms with Gasteiger partial charge in [-0.2, -0.15) is 0 Å². The van der Waals surface area contributed by atoms with E-state index >= 15 is 0 Å². The Bertz CT molecular complexity index is 2690. The zero-order valence-electron chi connectivity index (χ0n) is 27.8. The van der Waals surface area contributed by atoms with Crippen LogP contribution in [0.25, 0.3) is 38.9 Å². The van der Waals surface area contributed by atoms with Crippen LogP contribution in [0.1, 0.15) is 0 Å². The maximum absolute atomic E-state index is 4.86. The Morgan fingerprint density at radius 2 is 1.12 bits per heavy atom. The summed E-state index contributed by atoms with van der Waals surface area (Å²) in [4.78, 5) is 12.1. The van der Waals surface area contributed by atoms with Gasteiger partial charge < -0.3 is 4.90 Å². The van der Waals surface area contributed by atoms with E-state index in [9.17, 15) is 0 Å². The summed E-state index contributed by atoms with van der Waals surface area (Å²) in [5, 5.41) is 7.78. The maximum atomic E-state index is 4.86. The summed E-state index contributed by atoms with van der Waals surface area (Å²) < 4.78 is 2.33. The zero-order valence-corrected chi connectivity index (χ0v) is 28.8. The van der Waals surface area contributed by atoms with E-state index in [0.29, 0.717) is 0 Å². The summed E-state index contributed by atoms with van der Waals surface area (Å²) in [5.74, 6) is 0.911. The first-order valence-corrected chi connectivity index (χ1v) is 19.3. The third kappa shape index (κ3) is 4.45. The second-order valence-electron chi connectivity index (χ2n) is 13.0. The van der Waals surface area contributed by atoms with Crippen molar-refractivity contribution in [3.63, 3.8) is 0 Å². The second-order valence-corrected chi connectivity index (χ2v) is 16.8. The van der Waals surface area contributed by atoms with Crippen molar-refractivity contribution >= 4 is 67.7 Å². The first-order chi connectivity index (χ1) is 25.3. The predicted molar refractivity (Wildman–Crippen MR) is 214 cm³/mol. The van der Waals surface area contributed by atoms with E-state index in [1.807, 2.05) is 24.5 Å². The van der Waals surface area contributed by atoms with Crippen molar-refractivity contribution in [2.24, 2.45) is 0 Å². The van der Waals surface area contributed by atoms with Crippen LogP contribution in [0.4, 0.5) is 17.1 Å². The fourth-order valence-corrected chi connectivity index (χ4v) is 13.4. The van der Waals surface area contributed by atoms with Crippen LogP contribution in [-0.2, 0) is 0 Å². The summed E-state index contributed by atoms with van der Waals surface area (Å²) >= 11 is 0. The monoisotopic (exact) mass is 668 g/mol. The number of fused-ring (bicyclic) bond motifs is 5. The van der Waals surface area contributed by atoms with Gasteiger partial charge in [-0.1, -0.05) is 121 Å². The molecule has 0 saturated carbocycles. The predicted octanol–water partition coefficient (Wildman–Crippen LogP) is 8.40. The zero-order chi connectivity index (χ0) is 33.8. The molecule has 4 nitrogen and oxygen atoms in total. The van der Waals surface area contributed by atoms with Crippen LogP contribution in [0.5, 0.6) is 0 Å². The van der Waals surface area contributed by atoms with E-state index in [1.54, 1.807) is 0 Å².